The molecule has 1 atom stereocenters. The highest BCUT2D eigenvalue weighted by Crippen LogP contribution is 2.43. The maximum absolute atomic E-state index is 16.3. The number of likely N-dealkylation sites (tertiary alicyclic amines) is 1. The van der Waals surface area contributed by atoms with Crippen LogP contribution in [0.2, 0.25) is 10.0 Å². The van der Waals surface area contributed by atoms with Crippen LogP contribution in [0, 0.1) is 35.9 Å². The lowest BCUT2D eigenvalue weighted by atomic mass is 9.87. The largest absolute Gasteiger partial charge is 0.481 e. The third-order valence-corrected chi connectivity index (χ3v) is 11.3. The number of nitriles is 1. The van der Waals surface area contributed by atoms with E-state index >= 15 is 4.39 Å². The molecule has 14 heteroatoms. The number of carbonyl (C=O) groups is 2. The van der Waals surface area contributed by atoms with Crippen LogP contribution in [0.15, 0.2) is 42.2 Å². The Morgan fingerprint density at radius 2 is 1.96 bits per heavy atom. The zero-order chi connectivity index (χ0) is 37.8. The third-order valence-electron chi connectivity index (χ3n) is 10.5. The van der Waals surface area contributed by atoms with E-state index < -0.39 is 11.8 Å². The molecule has 53 heavy (non-hydrogen) atoms. The number of carboxylic acid groups (broad SMARTS) is 1. The van der Waals surface area contributed by atoms with E-state index in [0.717, 1.165) is 60.8 Å². The number of benzene rings is 2. The number of aliphatic carboxylic acids is 1. The first-order valence-electron chi connectivity index (χ1n) is 18.1. The summed E-state index contributed by atoms with van der Waals surface area (Å²) in [5, 5.41) is 23.0. The van der Waals surface area contributed by atoms with Crippen LogP contribution in [-0.2, 0) is 16.0 Å². The van der Waals surface area contributed by atoms with Crippen molar-refractivity contribution in [3.05, 3.63) is 75.0 Å². The van der Waals surface area contributed by atoms with Gasteiger partial charge in [-0.25, -0.2) is 9.37 Å². The highest BCUT2D eigenvalue weighted by atomic mass is 35.5. The molecule has 3 saturated heterocycles. The van der Waals surface area contributed by atoms with E-state index in [1.54, 1.807) is 18.2 Å². The number of hydrogen-bond acceptors (Lipinski definition) is 8. The molecule has 4 aromatic rings. The normalized spacial score (nSPS) is 20.3. The number of carboxylic acids is 1. The van der Waals surface area contributed by atoms with Gasteiger partial charge in [-0.15, -0.1) is 0 Å². The van der Waals surface area contributed by atoms with Crippen molar-refractivity contribution in [2.75, 3.05) is 13.1 Å². The summed E-state index contributed by atoms with van der Waals surface area (Å²) in [5.41, 5.74) is 12.1. The molecule has 2 aromatic heterocycles. The minimum absolute atomic E-state index is 0.0117. The van der Waals surface area contributed by atoms with Crippen LogP contribution >= 0.6 is 23.2 Å². The van der Waals surface area contributed by atoms with Gasteiger partial charge in [-0.05, 0) is 94.5 Å². The second-order valence-electron chi connectivity index (χ2n) is 14.3. The predicted molar refractivity (Wildman–Crippen MR) is 205 cm³/mol. The van der Waals surface area contributed by atoms with Gasteiger partial charge in [-0.2, -0.15) is 5.26 Å². The summed E-state index contributed by atoms with van der Waals surface area (Å²) in [6.45, 7) is 3.95. The summed E-state index contributed by atoms with van der Waals surface area (Å²) in [5.74, 6) is 5.02. The second kappa shape index (κ2) is 16.7. The average Bonchev–Trinajstić information content (AvgIpc) is 3.52. The zero-order valence-corrected chi connectivity index (χ0v) is 31.2. The number of allylic oxidation sites excluding steroid dienone is 1. The van der Waals surface area contributed by atoms with Gasteiger partial charge in [0.25, 0.3) is 0 Å². The van der Waals surface area contributed by atoms with E-state index in [4.69, 9.17) is 39.9 Å². The van der Waals surface area contributed by atoms with Crippen LogP contribution in [0.25, 0.3) is 32.9 Å². The number of nitrogens with two attached hydrogens (primary N) is 2. The smallest absolute Gasteiger partial charge is 0.303 e. The molecule has 0 spiro atoms. The van der Waals surface area contributed by atoms with Gasteiger partial charge in [0.1, 0.15) is 5.52 Å². The Hall–Kier alpha value is -4.41. The van der Waals surface area contributed by atoms with Crippen LogP contribution < -0.4 is 22.3 Å². The van der Waals surface area contributed by atoms with Crippen molar-refractivity contribution in [2.45, 2.75) is 83.2 Å². The summed E-state index contributed by atoms with van der Waals surface area (Å²) in [7, 11) is 0. The first-order valence-corrected chi connectivity index (χ1v) is 18.9. The quantitative estimate of drug-likeness (QED) is 0.0761. The molecular formula is C39H45Cl2FN8O3. The number of nitrogens with one attached hydrogen (secondary N) is 3. The van der Waals surface area contributed by atoms with Gasteiger partial charge in [0, 0.05) is 70.1 Å². The molecule has 5 heterocycles. The average molecular weight is 764 g/mol. The summed E-state index contributed by atoms with van der Waals surface area (Å²) < 4.78 is 16.3. The molecule has 5 aliphatic rings. The Kier molecular flexibility index (Phi) is 12.1. The standard InChI is InChI=1S/C29H25Cl2FN4O.C5H11N3O2.C5H9N/c1-15-19-14-22(23-8-4-12-36(23)29(37)16-9-10-16)35-27(19)20-13-17(5-3-11-33)24(26(32)28(20)34-15)18-6-2-7-21(30)25(18)31;6-4(3-8-7)1-2-5(9)10;1-4-2-5(1)6-3-4/h2,6-7,13-14,16,23,35H,3-5,8-10,12H2,1H3;3,8H,1-2,6-7H2,(H,9,10);4-6H,1-3H2/b;4-3-;. The van der Waals surface area contributed by atoms with Crippen molar-refractivity contribution in [1.82, 2.24) is 25.6 Å². The van der Waals surface area contributed by atoms with Gasteiger partial charge in [0.2, 0.25) is 5.91 Å². The first-order chi connectivity index (χ1) is 25.5. The van der Waals surface area contributed by atoms with Crippen molar-refractivity contribution in [3.8, 4) is 17.2 Å². The molecule has 9 rings (SSSR count). The van der Waals surface area contributed by atoms with Gasteiger partial charge in [0.05, 0.1) is 34.1 Å². The number of aromatic amines is 1. The zero-order valence-electron chi connectivity index (χ0n) is 29.7. The number of aromatic nitrogens is 2. The number of H-pyrrole nitrogens is 1. The molecule has 1 amide bonds. The molecule has 5 fully saturated rings. The molecule has 2 aromatic carbocycles. The third kappa shape index (κ3) is 8.54. The van der Waals surface area contributed by atoms with Gasteiger partial charge >= 0.3 is 5.97 Å². The van der Waals surface area contributed by atoms with E-state index in [9.17, 15) is 14.9 Å². The number of rotatable bonds is 9. The summed E-state index contributed by atoms with van der Waals surface area (Å²) in [6, 6.07) is 12.2. The SMILES string of the molecule is C1NC2CC1C2.Cc1nc2c(F)c(-c3cccc(Cl)c3Cl)c(CCC#N)cc2c2[nH]c(C3CCCN3C(=O)C3CC3)cc12.NN/C=C(\N)CCC(=O)O. The molecule has 3 aliphatic heterocycles. The van der Waals surface area contributed by atoms with Crippen molar-refractivity contribution >= 4 is 56.9 Å². The van der Waals surface area contributed by atoms with Crippen molar-refractivity contribution < 1.29 is 19.1 Å². The Bertz CT molecular complexity index is 2070. The van der Waals surface area contributed by atoms with E-state index in [0.29, 0.717) is 51.3 Å². The fraction of sp³-hybridized carbons (Fsp3) is 0.436. The lowest BCUT2D eigenvalue weighted by Crippen LogP contribution is -2.31. The molecule has 2 saturated carbocycles. The molecule has 0 radical (unpaired) electrons. The number of halogens is 3. The number of hydrazine groups is 1. The minimum atomic E-state index is -0.867. The van der Waals surface area contributed by atoms with E-state index in [-0.39, 0.29) is 41.2 Å². The van der Waals surface area contributed by atoms with Crippen molar-refractivity contribution in [3.63, 3.8) is 0 Å². The fourth-order valence-electron chi connectivity index (χ4n) is 7.50. The lowest BCUT2D eigenvalue weighted by molar-refractivity contribution is -0.137. The topological polar surface area (TPSA) is 186 Å². The monoisotopic (exact) mass is 762 g/mol. The highest BCUT2D eigenvalue weighted by Gasteiger charge is 2.39. The van der Waals surface area contributed by atoms with Crippen LogP contribution in [0.3, 0.4) is 0 Å². The maximum atomic E-state index is 16.3. The number of aryl methyl sites for hydroxylation is 2. The Balaban J connectivity index is 0.000000247. The lowest BCUT2D eigenvalue weighted by Gasteiger charge is -2.24. The Morgan fingerprint density at radius 3 is 2.58 bits per heavy atom. The Morgan fingerprint density at radius 1 is 1.19 bits per heavy atom. The van der Waals surface area contributed by atoms with Gasteiger partial charge < -0.3 is 31.5 Å². The van der Waals surface area contributed by atoms with Crippen LogP contribution in [0.1, 0.15) is 80.8 Å². The number of nitrogens with zero attached hydrogens (tertiary/aromatic N) is 3. The number of carbonyl (C=O) groups excluding carboxylic acids is 1. The van der Waals surface area contributed by atoms with Crippen LogP contribution in [-0.4, -0.2) is 51.0 Å². The number of fused-ring (bicyclic) bond motifs is 4. The maximum Gasteiger partial charge on any atom is 0.303 e. The summed E-state index contributed by atoms with van der Waals surface area (Å²) in [6.07, 6.45) is 9.07. The first kappa shape index (κ1) is 38.3. The number of hydrogen-bond donors (Lipinski definition) is 6. The molecular weight excluding hydrogens is 718 g/mol. The fourth-order valence-corrected chi connectivity index (χ4v) is 7.90. The molecule has 2 bridgehead atoms. The number of amides is 1. The molecule has 2 aliphatic carbocycles. The van der Waals surface area contributed by atoms with Crippen LogP contribution in [0.5, 0.6) is 0 Å². The summed E-state index contributed by atoms with van der Waals surface area (Å²) in [4.78, 5) is 33.1. The second-order valence-corrected chi connectivity index (χ2v) is 15.1. The van der Waals surface area contributed by atoms with Crippen LogP contribution in [0.4, 0.5) is 4.39 Å². The molecule has 280 valence electrons. The summed E-state index contributed by atoms with van der Waals surface area (Å²) >= 11 is 12.8. The highest BCUT2D eigenvalue weighted by molar-refractivity contribution is 6.43. The number of pyridine rings is 1. The van der Waals surface area contributed by atoms with E-state index in [2.05, 4.69) is 32.8 Å². The van der Waals surface area contributed by atoms with Gasteiger partial charge in [-0.1, -0.05) is 35.3 Å². The van der Waals surface area contributed by atoms with Gasteiger partial charge in [-0.3, -0.25) is 15.4 Å². The van der Waals surface area contributed by atoms with E-state index in [1.807, 2.05) is 17.9 Å². The molecule has 1 unspecified atom stereocenters. The van der Waals surface area contributed by atoms with E-state index in [1.165, 1.54) is 25.6 Å². The minimum Gasteiger partial charge on any atom is -0.481 e. The predicted octanol–water partition coefficient (Wildman–Crippen LogP) is 7.15. The van der Waals surface area contributed by atoms with Gasteiger partial charge in [0.15, 0.2) is 5.82 Å². The van der Waals surface area contributed by atoms with Crippen molar-refractivity contribution in [1.29, 1.82) is 5.26 Å². The molecule has 11 nitrogen and oxygen atoms in total. The molecule has 8 N–H and O–H groups in total. The van der Waals surface area contributed by atoms with Crippen molar-refractivity contribution in [2.24, 2.45) is 23.4 Å². The Labute approximate surface area is 317 Å².